The fourth-order valence-electron chi connectivity index (χ4n) is 1.07. The molecule has 0 bridgehead atoms. The van der Waals surface area contributed by atoms with Crippen molar-refractivity contribution >= 4 is 39.1 Å². The molecule has 0 spiro atoms. The number of nitrogens with zero attached hydrogens (tertiary/aromatic N) is 2. The van der Waals surface area contributed by atoms with Crippen LogP contribution >= 0.6 is 27.5 Å². The monoisotopic (exact) mass is 300 g/mol. The molecule has 0 aliphatic rings. The summed E-state index contributed by atoms with van der Waals surface area (Å²) in [4.78, 5) is 15.5. The SMILES string of the molecule is O=C(Nc1cnc(Cl)c(Br)c1)c1ccn[nH]1. The van der Waals surface area contributed by atoms with Gasteiger partial charge in [0.2, 0.25) is 0 Å². The normalized spacial score (nSPS) is 10.1. The zero-order valence-electron chi connectivity index (χ0n) is 7.87. The zero-order chi connectivity index (χ0) is 11.5. The molecule has 2 aromatic rings. The maximum Gasteiger partial charge on any atom is 0.273 e. The standard InChI is InChI=1S/C9H6BrClN4O/c10-6-3-5(4-12-8(6)11)14-9(16)7-1-2-13-15-7/h1-4H,(H,13,15)(H,14,16). The highest BCUT2D eigenvalue weighted by atomic mass is 79.9. The first-order valence-corrected chi connectivity index (χ1v) is 5.45. The Kier molecular flexibility index (Phi) is 3.21. The first-order valence-electron chi connectivity index (χ1n) is 4.28. The lowest BCUT2D eigenvalue weighted by Gasteiger charge is -2.03. The quantitative estimate of drug-likeness (QED) is 0.837. The van der Waals surface area contributed by atoms with E-state index in [9.17, 15) is 4.79 Å². The molecule has 0 unspecified atom stereocenters. The van der Waals surface area contributed by atoms with Crippen molar-refractivity contribution in [1.29, 1.82) is 0 Å². The number of amides is 1. The third kappa shape index (κ3) is 2.40. The molecule has 7 heteroatoms. The molecular weight excluding hydrogens is 295 g/mol. The Morgan fingerprint density at radius 2 is 2.38 bits per heavy atom. The molecule has 82 valence electrons. The third-order valence-electron chi connectivity index (χ3n) is 1.80. The van der Waals surface area contributed by atoms with Crippen LogP contribution in [0.1, 0.15) is 10.5 Å². The van der Waals surface area contributed by atoms with E-state index in [-0.39, 0.29) is 5.91 Å². The van der Waals surface area contributed by atoms with E-state index in [1.165, 1.54) is 12.4 Å². The van der Waals surface area contributed by atoms with Crippen LogP contribution in [0.3, 0.4) is 0 Å². The van der Waals surface area contributed by atoms with Crippen molar-refractivity contribution in [2.75, 3.05) is 5.32 Å². The van der Waals surface area contributed by atoms with Gasteiger partial charge in [0.05, 0.1) is 16.4 Å². The van der Waals surface area contributed by atoms with Crippen LogP contribution in [0.5, 0.6) is 0 Å². The number of aromatic nitrogens is 3. The van der Waals surface area contributed by atoms with Crippen molar-refractivity contribution in [3.05, 3.63) is 39.8 Å². The first kappa shape index (κ1) is 11.1. The Labute approximate surface area is 104 Å². The van der Waals surface area contributed by atoms with Crippen molar-refractivity contribution in [1.82, 2.24) is 15.2 Å². The minimum atomic E-state index is -0.284. The summed E-state index contributed by atoms with van der Waals surface area (Å²) < 4.78 is 0.622. The Morgan fingerprint density at radius 1 is 1.56 bits per heavy atom. The van der Waals surface area contributed by atoms with Gasteiger partial charge in [0, 0.05) is 6.20 Å². The average Bonchev–Trinajstić information content (AvgIpc) is 2.77. The zero-order valence-corrected chi connectivity index (χ0v) is 10.2. The van der Waals surface area contributed by atoms with Gasteiger partial charge in [0.1, 0.15) is 10.8 Å². The predicted octanol–water partition coefficient (Wildman–Crippen LogP) is 2.47. The smallest absolute Gasteiger partial charge is 0.273 e. The molecule has 16 heavy (non-hydrogen) atoms. The summed E-state index contributed by atoms with van der Waals surface area (Å²) >= 11 is 8.95. The fourth-order valence-corrected chi connectivity index (χ4v) is 1.52. The maximum atomic E-state index is 11.6. The van der Waals surface area contributed by atoms with Gasteiger partial charge in [0.15, 0.2) is 0 Å². The molecule has 0 saturated heterocycles. The third-order valence-corrected chi connectivity index (χ3v) is 2.93. The van der Waals surface area contributed by atoms with Gasteiger partial charge in [-0.3, -0.25) is 9.89 Å². The molecule has 0 saturated carbocycles. The number of halogens is 2. The number of anilines is 1. The molecule has 0 aromatic carbocycles. The van der Waals surface area contributed by atoms with E-state index in [1.807, 2.05) is 0 Å². The number of nitrogens with one attached hydrogen (secondary N) is 2. The number of carbonyl (C=O) groups excluding carboxylic acids is 1. The summed E-state index contributed by atoms with van der Waals surface area (Å²) in [6.07, 6.45) is 2.98. The molecule has 0 radical (unpaired) electrons. The van der Waals surface area contributed by atoms with Gasteiger partial charge in [-0.25, -0.2) is 4.98 Å². The van der Waals surface area contributed by atoms with Crippen LogP contribution in [0, 0.1) is 0 Å². The Morgan fingerprint density at radius 3 is 3.00 bits per heavy atom. The van der Waals surface area contributed by atoms with E-state index in [0.29, 0.717) is 21.0 Å². The molecule has 5 nitrogen and oxygen atoms in total. The van der Waals surface area contributed by atoms with Crippen molar-refractivity contribution in [2.24, 2.45) is 0 Å². The molecule has 0 aliphatic heterocycles. The molecule has 1 amide bonds. The molecule has 2 heterocycles. The average molecular weight is 302 g/mol. The number of carbonyl (C=O) groups is 1. The van der Waals surface area contributed by atoms with Gasteiger partial charge >= 0.3 is 0 Å². The number of hydrogen-bond donors (Lipinski definition) is 2. The van der Waals surface area contributed by atoms with Crippen LogP contribution in [0.25, 0.3) is 0 Å². The predicted molar refractivity (Wildman–Crippen MR) is 63.5 cm³/mol. The van der Waals surface area contributed by atoms with E-state index in [2.05, 4.69) is 36.4 Å². The van der Waals surface area contributed by atoms with Crippen LogP contribution < -0.4 is 5.32 Å². The largest absolute Gasteiger partial charge is 0.319 e. The van der Waals surface area contributed by atoms with Gasteiger partial charge in [-0.2, -0.15) is 5.10 Å². The van der Waals surface area contributed by atoms with Crippen molar-refractivity contribution in [3.63, 3.8) is 0 Å². The van der Waals surface area contributed by atoms with Gasteiger partial charge in [-0.05, 0) is 28.1 Å². The molecular formula is C9H6BrClN4O. The van der Waals surface area contributed by atoms with Crippen molar-refractivity contribution < 1.29 is 4.79 Å². The van der Waals surface area contributed by atoms with Crippen LogP contribution in [0.4, 0.5) is 5.69 Å². The number of rotatable bonds is 2. The van der Waals surface area contributed by atoms with Gasteiger partial charge in [-0.1, -0.05) is 11.6 Å². The highest BCUT2D eigenvalue weighted by molar-refractivity contribution is 9.10. The lowest BCUT2D eigenvalue weighted by molar-refractivity contribution is 0.102. The second-order valence-corrected chi connectivity index (χ2v) is 4.13. The Bertz CT molecular complexity index is 514. The Hall–Kier alpha value is -1.40. The van der Waals surface area contributed by atoms with E-state index in [1.54, 1.807) is 12.1 Å². The molecule has 2 rings (SSSR count). The molecule has 2 aromatic heterocycles. The number of pyridine rings is 1. The first-order chi connectivity index (χ1) is 7.66. The Balaban J connectivity index is 2.15. The summed E-state index contributed by atoms with van der Waals surface area (Å²) in [5, 5.41) is 9.25. The minimum Gasteiger partial charge on any atom is -0.319 e. The van der Waals surface area contributed by atoms with Crippen molar-refractivity contribution in [2.45, 2.75) is 0 Å². The summed E-state index contributed by atoms with van der Waals surface area (Å²) in [5.41, 5.74) is 0.932. The summed E-state index contributed by atoms with van der Waals surface area (Å²) in [5.74, 6) is -0.284. The maximum absolute atomic E-state index is 11.6. The van der Waals surface area contributed by atoms with Crippen LogP contribution in [0.15, 0.2) is 29.0 Å². The number of hydrogen-bond acceptors (Lipinski definition) is 3. The molecule has 2 N–H and O–H groups in total. The second kappa shape index (κ2) is 4.63. The fraction of sp³-hybridized carbons (Fsp3) is 0. The second-order valence-electron chi connectivity index (χ2n) is 2.92. The highest BCUT2D eigenvalue weighted by Gasteiger charge is 2.08. The van der Waals surface area contributed by atoms with Crippen LogP contribution in [-0.4, -0.2) is 21.1 Å². The summed E-state index contributed by atoms with van der Waals surface area (Å²) in [7, 11) is 0. The lowest BCUT2D eigenvalue weighted by atomic mass is 10.3. The van der Waals surface area contributed by atoms with E-state index < -0.39 is 0 Å². The van der Waals surface area contributed by atoms with Crippen LogP contribution in [0.2, 0.25) is 5.15 Å². The minimum absolute atomic E-state index is 0.284. The molecule has 0 atom stereocenters. The summed E-state index contributed by atoms with van der Waals surface area (Å²) in [6, 6.07) is 3.25. The van der Waals surface area contributed by atoms with E-state index >= 15 is 0 Å². The molecule has 0 fully saturated rings. The number of H-pyrrole nitrogens is 1. The summed E-state index contributed by atoms with van der Waals surface area (Å²) in [6.45, 7) is 0. The topological polar surface area (TPSA) is 70.7 Å². The molecule has 0 aliphatic carbocycles. The van der Waals surface area contributed by atoms with Gasteiger partial charge in [-0.15, -0.1) is 0 Å². The van der Waals surface area contributed by atoms with Crippen LogP contribution in [-0.2, 0) is 0 Å². The lowest BCUT2D eigenvalue weighted by Crippen LogP contribution is -2.12. The van der Waals surface area contributed by atoms with E-state index in [0.717, 1.165) is 0 Å². The number of aromatic amines is 1. The van der Waals surface area contributed by atoms with Gasteiger partial charge in [0.25, 0.3) is 5.91 Å². The highest BCUT2D eigenvalue weighted by Crippen LogP contribution is 2.22. The van der Waals surface area contributed by atoms with Gasteiger partial charge < -0.3 is 5.32 Å². The van der Waals surface area contributed by atoms with Crippen molar-refractivity contribution in [3.8, 4) is 0 Å². The van der Waals surface area contributed by atoms with E-state index in [4.69, 9.17) is 11.6 Å².